The van der Waals surface area contributed by atoms with E-state index in [2.05, 4.69) is 0 Å². The van der Waals surface area contributed by atoms with E-state index in [1.54, 1.807) is 20.1 Å². The third-order valence-corrected chi connectivity index (χ3v) is 3.25. The maximum absolute atomic E-state index is 13.2. The Labute approximate surface area is 123 Å². The molecule has 1 aromatic rings. The molecule has 1 atom stereocenters. The van der Waals surface area contributed by atoms with Crippen LogP contribution in [-0.2, 0) is 17.3 Å². The molecule has 1 rings (SSSR count). The van der Waals surface area contributed by atoms with Gasteiger partial charge in [0.25, 0.3) is 0 Å². The molecule has 0 amide bonds. The fourth-order valence-corrected chi connectivity index (χ4v) is 2.22. The highest BCUT2D eigenvalue weighted by atomic mass is 19.4. The quantitative estimate of drug-likeness (QED) is 0.841. The van der Waals surface area contributed by atoms with Crippen LogP contribution < -0.4 is 10.6 Å². The molecule has 0 bridgehead atoms. The zero-order chi connectivity index (χ0) is 16.0. The minimum Gasteiger partial charge on any atom is -0.383 e. The number of nitrogens with two attached hydrogens (primary N) is 1. The van der Waals surface area contributed by atoms with E-state index >= 15 is 0 Å². The van der Waals surface area contributed by atoms with Crippen LogP contribution in [0.3, 0.4) is 0 Å². The molecule has 0 radical (unpaired) electrons. The van der Waals surface area contributed by atoms with Crippen molar-refractivity contribution in [3.63, 3.8) is 0 Å². The van der Waals surface area contributed by atoms with E-state index in [-0.39, 0.29) is 18.0 Å². The van der Waals surface area contributed by atoms with Crippen LogP contribution in [0.1, 0.15) is 25.0 Å². The van der Waals surface area contributed by atoms with Crippen molar-refractivity contribution in [1.82, 2.24) is 0 Å². The van der Waals surface area contributed by atoms with E-state index < -0.39 is 11.7 Å². The highest BCUT2D eigenvalue weighted by Gasteiger charge is 2.34. The average Bonchev–Trinajstić information content (AvgIpc) is 2.39. The van der Waals surface area contributed by atoms with Gasteiger partial charge in [0.1, 0.15) is 0 Å². The molecule has 0 saturated heterocycles. The van der Waals surface area contributed by atoms with Gasteiger partial charge in [0.2, 0.25) is 0 Å². The van der Waals surface area contributed by atoms with Crippen LogP contribution in [0.25, 0.3) is 0 Å². The zero-order valence-corrected chi connectivity index (χ0v) is 12.7. The zero-order valence-electron chi connectivity index (χ0n) is 12.7. The normalized spacial score (nSPS) is 13.3. The summed E-state index contributed by atoms with van der Waals surface area (Å²) >= 11 is 0. The van der Waals surface area contributed by atoms with E-state index in [9.17, 15) is 13.2 Å². The van der Waals surface area contributed by atoms with Crippen LogP contribution in [-0.4, -0.2) is 32.8 Å². The first-order valence-corrected chi connectivity index (χ1v) is 6.99. The Morgan fingerprint density at radius 2 is 2.00 bits per heavy atom. The monoisotopic (exact) mass is 304 g/mol. The predicted molar refractivity (Wildman–Crippen MR) is 78.6 cm³/mol. The summed E-state index contributed by atoms with van der Waals surface area (Å²) in [5.74, 6) is 0. The molecule has 0 aliphatic rings. The number of methoxy groups -OCH3 is 1. The van der Waals surface area contributed by atoms with Gasteiger partial charge in [-0.1, -0.05) is 6.07 Å². The Morgan fingerprint density at radius 1 is 1.33 bits per heavy atom. The second-order valence-electron chi connectivity index (χ2n) is 5.09. The lowest BCUT2D eigenvalue weighted by molar-refractivity contribution is -0.138. The van der Waals surface area contributed by atoms with Crippen molar-refractivity contribution in [3.8, 4) is 0 Å². The summed E-state index contributed by atoms with van der Waals surface area (Å²) in [5.41, 5.74) is 5.82. The number of hydrogen-bond acceptors (Lipinski definition) is 3. The number of benzene rings is 1. The van der Waals surface area contributed by atoms with Gasteiger partial charge >= 0.3 is 6.18 Å². The number of nitrogens with zero attached hydrogens (tertiary/aromatic N) is 1. The Bertz CT molecular complexity index is 447. The first-order valence-electron chi connectivity index (χ1n) is 6.99. The van der Waals surface area contributed by atoms with E-state index in [0.717, 1.165) is 0 Å². The third kappa shape index (κ3) is 5.21. The molecule has 0 heterocycles. The van der Waals surface area contributed by atoms with Crippen molar-refractivity contribution < 1.29 is 17.9 Å². The van der Waals surface area contributed by atoms with E-state index in [0.29, 0.717) is 25.4 Å². The molecule has 3 nitrogen and oxygen atoms in total. The molecule has 0 spiro atoms. The standard InChI is InChI=1S/C15H23F3N2O/c1-4-20(7-8-21-3)13-6-5-12(9-11(2)19)14(10-13)15(16,17)18/h5-6,10-11H,4,7-9,19H2,1-3H3. The van der Waals surface area contributed by atoms with E-state index in [4.69, 9.17) is 10.5 Å². The SMILES string of the molecule is CCN(CCOC)c1ccc(CC(C)N)c(C(F)(F)F)c1. The highest BCUT2D eigenvalue weighted by Crippen LogP contribution is 2.35. The summed E-state index contributed by atoms with van der Waals surface area (Å²) < 4.78 is 44.6. The van der Waals surface area contributed by atoms with E-state index in [1.165, 1.54) is 12.1 Å². The molecular formula is C15H23F3N2O. The van der Waals surface area contributed by atoms with Gasteiger partial charge in [-0.05, 0) is 38.0 Å². The Kier molecular flexibility index (Phi) is 6.48. The van der Waals surface area contributed by atoms with Crippen LogP contribution >= 0.6 is 0 Å². The molecule has 6 heteroatoms. The smallest absolute Gasteiger partial charge is 0.383 e. The predicted octanol–water partition coefficient (Wildman–Crippen LogP) is 3.07. The first-order chi connectivity index (χ1) is 9.79. The molecule has 0 aromatic heterocycles. The summed E-state index contributed by atoms with van der Waals surface area (Å²) in [6, 6.07) is 4.13. The van der Waals surface area contributed by atoms with Crippen molar-refractivity contribution in [2.45, 2.75) is 32.5 Å². The lowest BCUT2D eigenvalue weighted by Crippen LogP contribution is -2.27. The number of hydrogen-bond donors (Lipinski definition) is 1. The molecule has 0 saturated carbocycles. The van der Waals surface area contributed by atoms with Crippen molar-refractivity contribution in [2.75, 3.05) is 31.7 Å². The minimum absolute atomic E-state index is 0.208. The van der Waals surface area contributed by atoms with Crippen molar-refractivity contribution in [2.24, 2.45) is 5.73 Å². The molecule has 0 fully saturated rings. The fourth-order valence-electron chi connectivity index (χ4n) is 2.22. The molecule has 1 aromatic carbocycles. The fraction of sp³-hybridized carbons (Fsp3) is 0.600. The Hall–Kier alpha value is -1.27. The first kappa shape index (κ1) is 17.8. The van der Waals surface area contributed by atoms with Gasteiger partial charge in [-0.25, -0.2) is 0 Å². The Balaban J connectivity index is 3.14. The number of likely N-dealkylation sites (N-methyl/N-ethyl adjacent to an activating group) is 1. The van der Waals surface area contributed by atoms with Gasteiger partial charge in [0.15, 0.2) is 0 Å². The van der Waals surface area contributed by atoms with Crippen LogP contribution in [0.2, 0.25) is 0 Å². The molecule has 0 aliphatic heterocycles. The van der Waals surface area contributed by atoms with Crippen molar-refractivity contribution >= 4 is 5.69 Å². The molecule has 2 N–H and O–H groups in total. The number of anilines is 1. The summed E-state index contributed by atoms with van der Waals surface area (Å²) in [6.07, 6.45) is -4.17. The lowest BCUT2D eigenvalue weighted by atomic mass is 9.99. The van der Waals surface area contributed by atoms with Gasteiger partial charge in [-0.3, -0.25) is 0 Å². The highest BCUT2D eigenvalue weighted by molar-refractivity contribution is 5.52. The molecule has 0 aliphatic carbocycles. The van der Waals surface area contributed by atoms with Gasteiger partial charge < -0.3 is 15.4 Å². The van der Waals surface area contributed by atoms with Crippen molar-refractivity contribution in [1.29, 1.82) is 0 Å². The lowest BCUT2D eigenvalue weighted by Gasteiger charge is -2.25. The Morgan fingerprint density at radius 3 is 2.48 bits per heavy atom. The molecule has 21 heavy (non-hydrogen) atoms. The summed E-state index contributed by atoms with van der Waals surface area (Å²) in [6.45, 7) is 5.24. The second-order valence-corrected chi connectivity index (χ2v) is 5.09. The second kappa shape index (κ2) is 7.66. The molecule has 120 valence electrons. The summed E-state index contributed by atoms with van der Waals surface area (Å²) in [7, 11) is 1.57. The van der Waals surface area contributed by atoms with Gasteiger partial charge in [-0.2, -0.15) is 13.2 Å². The number of alkyl halides is 3. The topological polar surface area (TPSA) is 38.5 Å². The minimum atomic E-state index is -4.37. The van der Waals surface area contributed by atoms with Gasteiger partial charge in [-0.15, -0.1) is 0 Å². The third-order valence-electron chi connectivity index (χ3n) is 3.25. The maximum Gasteiger partial charge on any atom is 0.416 e. The average molecular weight is 304 g/mol. The van der Waals surface area contributed by atoms with Gasteiger partial charge in [0, 0.05) is 31.9 Å². The van der Waals surface area contributed by atoms with Crippen molar-refractivity contribution in [3.05, 3.63) is 29.3 Å². The van der Waals surface area contributed by atoms with Crippen LogP contribution in [0.5, 0.6) is 0 Å². The summed E-state index contributed by atoms with van der Waals surface area (Å²) in [4.78, 5) is 1.86. The summed E-state index contributed by atoms with van der Waals surface area (Å²) in [5, 5.41) is 0. The largest absolute Gasteiger partial charge is 0.416 e. The molecule has 1 unspecified atom stereocenters. The van der Waals surface area contributed by atoms with Crippen LogP contribution in [0, 0.1) is 0 Å². The molecular weight excluding hydrogens is 281 g/mol. The van der Waals surface area contributed by atoms with Gasteiger partial charge in [0.05, 0.1) is 12.2 Å². The number of rotatable bonds is 7. The van der Waals surface area contributed by atoms with Crippen LogP contribution in [0.4, 0.5) is 18.9 Å². The van der Waals surface area contributed by atoms with E-state index in [1.807, 2.05) is 11.8 Å². The number of halogens is 3. The van der Waals surface area contributed by atoms with Crippen LogP contribution in [0.15, 0.2) is 18.2 Å². The number of ether oxygens (including phenoxy) is 1. The maximum atomic E-state index is 13.2.